The van der Waals surface area contributed by atoms with Crippen LogP contribution in [-0.2, 0) is 14.3 Å². The van der Waals surface area contributed by atoms with Crippen LogP contribution in [0.3, 0.4) is 0 Å². The Hall–Kier alpha value is -1.55. The molecule has 0 spiro atoms. The van der Waals surface area contributed by atoms with Gasteiger partial charge in [-0.3, -0.25) is 9.69 Å². The van der Waals surface area contributed by atoms with Crippen molar-refractivity contribution in [1.82, 2.24) is 0 Å². The Morgan fingerprint density at radius 1 is 1.40 bits per heavy atom. The smallest absolute Gasteiger partial charge is 0.328 e. The van der Waals surface area contributed by atoms with Crippen LogP contribution in [0, 0.1) is 6.92 Å². The summed E-state index contributed by atoms with van der Waals surface area (Å²) in [5.41, 5.74) is 1.42. The van der Waals surface area contributed by atoms with E-state index in [1.807, 2.05) is 26.0 Å². The van der Waals surface area contributed by atoms with Crippen LogP contribution >= 0.6 is 11.6 Å². The van der Waals surface area contributed by atoms with Gasteiger partial charge in [0.05, 0.1) is 17.8 Å². The van der Waals surface area contributed by atoms with Crippen molar-refractivity contribution in [2.45, 2.75) is 39.7 Å². The zero-order chi connectivity index (χ0) is 15.3. The maximum atomic E-state index is 12.4. The minimum atomic E-state index is -0.711. The van der Waals surface area contributed by atoms with Crippen LogP contribution in [0.15, 0.2) is 18.2 Å². The molecular formula is C15H20ClNO3. The lowest BCUT2D eigenvalue weighted by Gasteiger charge is -2.29. The first kappa shape index (κ1) is 16.5. The molecular weight excluding hydrogens is 278 g/mol. The van der Waals surface area contributed by atoms with Crippen LogP contribution in [0.2, 0.25) is 5.02 Å². The zero-order valence-corrected chi connectivity index (χ0v) is 13.0. The van der Waals surface area contributed by atoms with Gasteiger partial charge in [-0.2, -0.15) is 0 Å². The van der Waals surface area contributed by atoms with Crippen molar-refractivity contribution >= 4 is 29.2 Å². The monoisotopic (exact) mass is 297 g/mol. The fourth-order valence-electron chi connectivity index (χ4n) is 2.07. The summed E-state index contributed by atoms with van der Waals surface area (Å²) >= 11 is 6.21. The SMILES string of the molecule is CCCC(=O)N(c1c(C)cccc1Cl)C(C)C(=O)OC. The molecule has 5 heteroatoms. The third-order valence-corrected chi connectivity index (χ3v) is 3.40. The number of para-hydroxylation sites is 1. The van der Waals surface area contributed by atoms with Crippen LogP contribution in [0.25, 0.3) is 0 Å². The first-order valence-corrected chi connectivity index (χ1v) is 6.96. The number of methoxy groups -OCH3 is 1. The summed E-state index contributed by atoms with van der Waals surface area (Å²) in [6.07, 6.45) is 1.05. The van der Waals surface area contributed by atoms with E-state index in [0.29, 0.717) is 23.6 Å². The molecule has 1 aromatic carbocycles. The van der Waals surface area contributed by atoms with Gasteiger partial charge in [0.2, 0.25) is 5.91 Å². The minimum Gasteiger partial charge on any atom is -0.467 e. The molecule has 1 aromatic rings. The molecule has 0 aliphatic carbocycles. The van der Waals surface area contributed by atoms with Gasteiger partial charge in [-0.1, -0.05) is 30.7 Å². The molecule has 1 unspecified atom stereocenters. The molecule has 1 atom stereocenters. The number of esters is 1. The van der Waals surface area contributed by atoms with Gasteiger partial charge in [0.25, 0.3) is 0 Å². The van der Waals surface area contributed by atoms with Gasteiger partial charge in [-0.25, -0.2) is 4.79 Å². The summed E-state index contributed by atoms with van der Waals surface area (Å²) in [7, 11) is 1.31. The standard InChI is InChI=1S/C15H20ClNO3/c1-5-7-13(18)17(11(3)15(19)20-4)14-10(2)8-6-9-12(14)16/h6,8-9,11H,5,7H2,1-4H3. The number of halogens is 1. The van der Waals surface area contributed by atoms with Crippen molar-refractivity contribution in [2.24, 2.45) is 0 Å². The number of amides is 1. The number of rotatable bonds is 5. The summed E-state index contributed by atoms with van der Waals surface area (Å²) in [5.74, 6) is -0.602. The second-order valence-electron chi connectivity index (χ2n) is 4.62. The number of carbonyl (C=O) groups excluding carboxylic acids is 2. The summed E-state index contributed by atoms with van der Waals surface area (Å²) in [6, 6.07) is 4.67. The predicted molar refractivity (Wildman–Crippen MR) is 80.1 cm³/mol. The molecule has 4 nitrogen and oxygen atoms in total. The molecule has 0 saturated heterocycles. The van der Waals surface area contributed by atoms with Crippen molar-refractivity contribution in [2.75, 3.05) is 12.0 Å². The number of ether oxygens (including phenoxy) is 1. The fraction of sp³-hybridized carbons (Fsp3) is 0.467. The fourth-order valence-corrected chi connectivity index (χ4v) is 2.39. The van der Waals surface area contributed by atoms with E-state index in [1.54, 1.807) is 13.0 Å². The van der Waals surface area contributed by atoms with Gasteiger partial charge < -0.3 is 4.74 Å². The summed E-state index contributed by atoms with van der Waals surface area (Å²) in [6.45, 7) is 5.41. The van der Waals surface area contributed by atoms with E-state index in [4.69, 9.17) is 16.3 Å². The third kappa shape index (κ3) is 3.51. The molecule has 0 radical (unpaired) electrons. The summed E-state index contributed by atoms with van der Waals surface area (Å²) < 4.78 is 4.75. The number of nitrogens with zero attached hydrogens (tertiary/aromatic N) is 1. The van der Waals surface area contributed by atoms with Crippen molar-refractivity contribution in [3.63, 3.8) is 0 Å². The number of hydrogen-bond acceptors (Lipinski definition) is 3. The zero-order valence-electron chi connectivity index (χ0n) is 12.3. The molecule has 0 bridgehead atoms. The van der Waals surface area contributed by atoms with E-state index >= 15 is 0 Å². The highest BCUT2D eigenvalue weighted by Crippen LogP contribution is 2.31. The molecule has 1 rings (SSSR count). The van der Waals surface area contributed by atoms with Crippen LogP contribution < -0.4 is 4.90 Å². The van der Waals surface area contributed by atoms with E-state index in [0.717, 1.165) is 5.56 Å². The second-order valence-corrected chi connectivity index (χ2v) is 5.03. The maximum Gasteiger partial charge on any atom is 0.328 e. The van der Waals surface area contributed by atoms with Crippen LogP contribution in [0.5, 0.6) is 0 Å². The predicted octanol–water partition coefficient (Wildman–Crippen LogP) is 3.34. The molecule has 1 amide bonds. The lowest BCUT2D eigenvalue weighted by atomic mass is 10.1. The lowest BCUT2D eigenvalue weighted by molar-refractivity contribution is -0.143. The molecule has 0 fully saturated rings. The Kier molecular flexibility index (Phi) is 6.02. The maximum absolute atomic E-state index is 12.4. The Labute approximate surface area is 124 Å². The molecule has 0 saturated carbocycles. The number of benzene rings is 1. The number of hydrogen-bond donors (Lipinski definition) is 0. The largest absolute Gasteiger partial charge is 0.467 e. The highest BCUT2D eigenvalue weighted by molar-refractivity contribution is 6.34. The molecule has 20 heavy (non-hydrogen) atoms. The Balaban J connectivity index is 3.30. The molecule has 0 aliphatic heterocycles. The van der Waals surface area contributed by atoms with Crippen molar-refractivity contribution in [3.8, 4) is 0 Å². The lowest BCUT2D eigenvalue weighted by Crippen LogP contribution is -2.44. The van der Waals surface area contributed by atoms with Gasteiger partial charge in [-0.15, -0.1) is 0 Å². The highest BCUT2D eigenvalue weighted by Gasteiger charge is 2.29. The van der Waals surface area contributed by atoms with Gasteiger partial charge in [-0.05, 0) is 31.9 Å². The quantitative estimate of drug-likeness (QED) is 0.783. The van der Waals surface area contributed by atoms with E-state index in [1.165, 1.54) is 12.0 Å². The van der Waals surface area contributed by atoms with Gasteiger partial charge in [0.1, 0.15) is 6.04 Å². The summed E-state index contributed by atoms with van der Waals surface area (Å²) in [5, 5.41) is 0.449. The molecule has 0 aromatic heterocycles. The van der Waals surface area contributed by atoms with Gasteiger partial charge in [0.15, 0.2) is 0 Å². The molecule has 110 valence electrons. The van der Waals surface area contributed by atoms with Gasteiger partial charge >= 0.3 is 5.97 Å². The highest BCUT2D eigenvalue weighted by atomic mass is 35.5. The molecule has 0 N–H and O–H groups in total. The van der Waals surface area contributed by atoms with Gasteiger partial charge in [0, 0.05) is 6.42 Å². The first-order valence-electron chi connectivity index (χ1n) is 6.59. The molecule has 0 aliphatic rings. The number of aryl methyl sites for hydroxylation is 1. The van der Waals surface area contributed by atoms with E-state index in [9.17, 15) is 9.59 Å². The normalized spacial score (nSPS) is 11.8. The average Bonchev–Trinajstić information content (AvgIpc) is 2.41. The molecule has 0 heterocycles. The first-order chi connectivity index (χ1) is 9.43. The van der Waals surface area contributed by atoms with Crippen molar-refractivity contribution in [3.05, 3.63) is 28.8 Å². The van der Waals surface area contributed by atoms with Crippen molar-refractivity contribution in [1.29, 1.82) is 0 Å². The Bertz CT molecular complexity index is 482. The number of anilines is 1. The Morgan fingerprint density at radius 3 is 2.55 bits per heavy atom. The minimum absolute atomic E-state index is 0.137. The Morgan fingerprint density at radius 2 is 2.05 bits per heavy atom. The van der Waals surface area contributed by atoms with E-state index in [2.05, 4.69) is 0 Å². The topological polar surface area (TPSA) is 46.6 Å². The van der Waals surface area contributed by atoms with Crippen LogP contribution in [0.1, 0.15) is 32.3 Å². The third-order valence-electron chi connectivity index (χ3n) is 3.09. The van der Waals surface area contributed by atoms with Crippen molar-refractivity contribution < 1.29 is 14.3 Å². The second kappa shape index (κ2) is 7.29. The number of carbonyl (C=O) groups is 2. The van der Waals surface area contributed by atoms with E-state index in [-0.39, 0.29) is 5.91 Å². The van der Waals surface area contributed by atoms with Crippen LogP contribution in [0.4, 0.5) is 5.69 Å². The van der Waals surface area contributed by atoms with E-state index < -0.39 is 12.0 Å². The van der Waals surface area contributed by atoms with Crippen LogP contribution in [-0.4, -0.2) is 25.0 Å². The average molecular weight is 298 g/mol. The summed E-state index contributed by atoms with van der Waals surface area (Å²) in [4.78, 5) is 25.6.